The minimum atomic E-state index is -4.53. The van der Waals surface area contributed by atoms with Gasteiger partial charge in [-0.2, -0.15) is 9.57 Å². The van der Waals surface area contributed by atoms with Gasteiger partial charge in [0.15, 0.2) is 5.54 Å². The molecule has 1 spiro atoms. The van der Waals surface area contributed by atoms with Crippen LogP contribution in [0.2, 0.25) is 0 Å². The molecule has 4 aliphatic rings. The summed E-state index contributed by atoms with van der Waals surface area (Å²) in [6.07, 6.45) is 3.77. The van der Waals surface area contributed by atoms with Gasteiger partial charge in [0.1, 0.15) is 5.75 Å². The van der Waals surface area contributed by atoms with E-state index in [0.717, 1.165) is 39.0 Å². The van der Waals surface area contributed by atoms with Gasteiger partial charge >= 0.3 is 6.03 Å². The lowest BCUT2D eigenvalue weighted by Gasteiger charge is -2.62. The van der Waals surface area contributed by atoms with E-state index in [1.54, 1.807) is 24.0 Å². The van der Waals surface area contributed by atoms with Crippen LogP contribution < -0.4 is 19.1 Å². The summed E-state index contributed by atoms with van der Waals surface area (Å²) in [6, 6.07) is 15.9. The molecule has 0 bridgehead atoms. The van der Waals surface area contributed by atoms with Crippen molar-refractivity contribution < 1.29 is 27.5 Å². The molecule has 2 aromatic carbocycles. The Bertz CT molecular complexity index is 1980. The minimum absolute atomic E-state index is 0.0136. The van der Waals surface area contributed by atoms with Crippen LogP contribution in [0, 0.1) is 16.7 Å². The molecule has 51 heavy (non-hydrogen) atoms. The maximum atomic E-state index is 15.0. The molecule has 0 unspecified atom stereocenters. The van der Waals surface area contributed by atoms with E-state index >= 15 is 4.79 Å². The van der Waals surface area contributed by atoms with E-state index in [9.17, 15) is 18.5 Å². The number of nitrogens with one attached hydrogen (secondary N) is 1. The second-order valence-electron chi connectivity index (χ2n) is 14.2. The van der Waals surface area contributed by atoms with Crippen molar-refractivity contribution in [3.63, 3.8) is 0 Å². The SMILES string of the molecule is CCOc1ncccc1[C@@]1(NC(=O)N2CC3(C2)CN(C2CCN(C(C)C)CC2)C3)C(=O)N(S(=O)(=O)c2ccc(OC)cc2)c2ccc(C#N)cc21. The smallest absolute Gasteiger partial charge is 0.318 e. The first-order valence-corrected chi connectivity index (χ1v) is 18.8. The lowest BCUT2D eigenvalue weighted by molar-refractivity contribution is -0.124. The highest BCUT2D eigenvalue weighted by Crippen LogP contribution is 2.50. The Labute approximate surface area is 298 Å². The predicted molar refractivity (Wildman–Crippen MR) is 189 cm³/mol. The lowest BCUT2D eigenvalue weighted by atomic mass is 9.71. The molecule has 7 rings (SSSR count). The molecule has 3 saturated heterocycles. The highest BCUT2D eigenvalue weighted by Gasteiger charge is 2.61. The van der Waals surface area contributed by atoms with E-state index in [0.29, 0.717) is 35.2 Å². The highest BCUT2D eigenvalue weighted by atomic mass is 32.2. The van der Waals surface area contributed by atoms with Gasteiger partial charge in [0.25, 0.3) is 15.9 Å². The van der Waals surface area contributed by atoms with E-state index < -0.39 is 27.5 Å². The number of hydrogen-bond donors (Lipinski definition) is 1. The number of hydrogen-bond acceptors (Lipinski definition) is 10. The number of ether oxygens (including phenoxy) is 2. The van der Waals surface area contributed by atoms with Gasteiger partial charge in [-0.3, -0.25) is 9.69 Å². The molecule has 0 radical (unpaired) electrons. The van der Waals surface area contributed by atoms with Crippen LogP contribution in [-0.4, -0.2) is 105 Å². The van der Waals surface area contributed by atoms with Crippen LogP contribution in [0.25, 0.3) is 0 Å². The summed E-state index contributed by atoms with van der Waals surface area (Å²) in [7, 11) is -3.06. The third-order valence-corrected chi connectivity index (χ3v) is 12.5. The fraction of sp³-hybridized carbons (Fsp3) is 0.459. The van der Waals surface area contributed by atoms with Crippen molar-refractivity contribution in [3.8, 4) is 17.7 Å². The summed E-state index contributed by atoms with van der Waals surface area (Å²) in [5, 5.41) is 12.9. The second-order valence-corrected chi connectivity index (χ2v) is 16.0. The Kier molecular flexibility index (Phi) is 8.93. The molecule has 14 heteroatoms. The monoisotopic (exact) mass is 713 g/mol. The van der Waals surface area contributed by atoms with Gasteiger partial charge < -0.3 is 24.6 Å². The highest BCUT2D eigenvalue weighted by molar-refractivity contribution is 7.93. The van der Waals surface area contributed by atoms with Gasteiger partial charge in [0.2, 0.25) is 5.88 Å². The largest absolute Gasteiger partial charge is 0.497 e. The molecule has 1 atom stereocenters. The quantitative estimate of drug-likeness (QED) is 0.349. The average molecular weight is 714 g/mol. The molecule has 1 aromatic heterocycles. The maximum absolute atomic E-state index is 15.0. The number of fused-ring (bicyclic) bond motifs is 1. The molecule has 3 aromatic rings. The van der Waals surface area contributed by atoms with Crippen molar-refractivity contribution >= 4 is 27.6 Å². The molecule has 3 amide bonds. The molecular weight excluding hydrogens is 671 g/mol. The first-order valence-electron chi connectivity index (χ1n) is 17.4. The second kappa shape index (κ2) is 13.1. The molecule has 1 N–H and O–H groups in total. The van der Waals surface area contributed by atoms with E-state index in [2.05, 4.69) is 40.0 Å². The number of amides is 3. The molecule has 13 nitrogen and oxygen atoms in total. The Balaban J connectivity index is 1.21. The number of methoxy groups -OCH3 is 1. The normalized spacial score (nSPS) is 21.9. The van der Waals surface area contributed by atoms with Crippen molar-refractivity contribution in [2.45, 2.75) is 56.1 Å². The third-order valence-electron chi connectivity index (χ3n) is 10.8. The molecule has 5 heterocycles. The number of piperidine rings is 1. The summed E-state index contributed by atoms with van der Waals surface area (Å²) >= 11 is 0. The van der Waals surface area contributed by atoms with Gasteiger partial charge in [-0.25, -0.2) is 18.2 Å². The number of anilines is 1. The van der Waals surface area contributed by atoms with Crippen LogP contribution >= 0.6 is 0 Å². The summed E-state index contributed by atoms with van der Waals surface area (Å²) in [5.74, 6) is -0.440. The zero-order chi connectivity index (χ0) is 36.1. The third kappa shape index (κ3) is 5.77. The van der Waals surface area contributed by atoms with E-state index in [-0.39, 0.29) is 45.2 Å². The number of sulfonamides is 1. The first-order chi connectivity index (χ1) is 24.5. The predicted octanol–water partition coefficient (Wildman–Crippen LogP) is 3.54. The van der Waals surface area contributed by atoms with Crippen molar-refractivity contribution in [2.75, 3.05) is 57.3 Å². The van der Waals surface area contributed by atoms with E-state index in [4.69, 9.17) is 9.47 Å². The van der Waals surface area contributed by atoms with Gasteiger partial charge in [0, 0.05) is 55.4 Å². The molecule has 268 valence electrons. The van der Waals surface area contributed by atoms with Crippen LogP contribution in [0.3, 0.4) is 0 Å². The molecule has 3 fully saturated rings. The lowest BCUT2D eigenvalue weighted by Crippen LogP contribution is -2.76. The van der Waals surface area contributed by atoms with Gasteiger partial charge in [-0.05, 0) is 101 Å². The number of likely N-dealkylation sites (tertiary alicyclic amines) is 3. The van der Waals surface area contributed by atoms with Crippen LogP contribution in [0.1, 0.15) is 50.3 Å². The van der Waals surface area contributed by atoms with Crippen molar-refractivity contribution in [1.82, 2.24) is 25.0 Å². The zero-order valence-corrected chi connectivity index (χ0v) is 30.1. The Morgan fingerprint density at radius 1 is 1.06 bits per heavy atom. The first kappa shape index (κ1) is 34.7. The number of nitriles is 1. The average Bonchev–Trinajstić information content (AvgIpc) is 3.35. The van der Waals surface area contributed by atoms with E-state index in [1.807, 2.05) is 0 Å². The summed E-state index contributed by atoms with van der Waals surface area (Å²) in [5.41, 5.74) is -1.62. The molecule has 0 aliphatic carbocycles. The van der Waals surface area contributed by atoms with Crippen LogP contribution in [0.15, 0.2) is 65.7 Å². The number of urea groups is 1. The van der Waals surface area contributed by atoms with Gasteiger partial charge in [-0.15, -0.1) is 0 Å². The number of rotatable bonds is 9. The number of nitrogens with zero attached hydrogens (tertiary/aromatic N) is 6. The number of carbonyl (C=O) groups is 2. The Morgan fingerprint density at radius 2 is 1.76 bits per heavy atom. The standard InChI is InChI=1S/C37H43N7O6S/c1-5-50-33-30(7-6-16-39-33)37(40-35(46)43-23-36(24-43)21-42(22-36)27-14-17-41(18-15-27)25(2)3)31-19-26(20-38)8-13-32(31)44(34(37)45)51(47,48)29-11-9-28(49-4)10-12-29/h6-13,16,19,25,27H,5,14-15,17-18,21-24H2,1-4H3,(H,40,46)/t37-/m0/s1. The van der Waals surface area contributed by atoms with Crippen molar-refractivity contribution in [1.29, 1.82) is 5.26 Å². The van der Waals surface area contributed by atoms with E-state index in [1.165, 1.54) is 55.8 Å². The molecule has 0 saturated carbocycles. The van der Waals surface area contributed by atoms with Crippen LogP contribution in [-0.2, 0) is 20.4 Å². The molecule has 4 aliphatic heterocycles. The summed E-state index contributed by atoms with van der Waals surface area (Å²) in [4.78, 5) is 40.3. The number of aromatic nitrogens is 1. The topological polar surface area (TPSA) is 148 Å². The van der Waals surface area contributed by atoms with Gasteiger partial charge in [-0.1, -0.05) is 0 Å². The van der Waals surface area contributed by atoms with Gasteiger partial charge in [0.05, 0.1) is 41.5 Å². The fourth-order valence-corrected chi connectivity index (χ4v) is 9.58. The Morgan fingerprint density at radius 3 is 2.39 bits per heavy atom. The van der Waals surface area contributed by atoms with Crippen LogP contribution in [0.4, 0.5) is 10.5 Å². The fourth-order valence-electron chi connectivity index (χ4n) is 8.12. The minimum Gasteiger partial charge on any atom is -0.497 e. The van der Waals surface area contributed by atoms with Crippen molar-refractivity contribution in [3.05, 3.63) is 77.5 Å². The Hall–Kier alpha value is -4.71. The molecular formula is C37H43N7O6S. The zero-order valence-electron chi connectivity index (χ0n) is 29.3. The number of pyridine rings is 1. The summed E-state index contributed by atoms with van der Waals surface area (Å²) in [6.45, 7) is 11.5. The number of benzene rings is 2. The van der Waals surface area contributed by atoms with Crippen LogP contribution in [0.5, 0.6) is 11.6 Å². The van der Waals surface area contributed by atoms with Crippen molar-refractivity contribution in [2.24, 2.45) is 5.41 Å². The number of carbonyl (C=O) groups excluding carboxylic acids is 2. The summed E-state index contributed by atoms with van der Waals surface area (Å²) < 4.78 is 40.5. The maximum Gasteiger partial charge on any atom is 0.318 e.